The van der Waals surface area contributed by atoms with E-state index in [0.29, 0.717) is 25.7 Å². The highest BCUT2D eigenvalue weighted by molar-refractivity contribution is 7.48. The molecule has 1 heterocycles. The van der Waals surface area contributed by atoms with Gasteiger partial charge in [0.05, 0.1) is 13.2 Å². The third-order valence-corrected chi connectivity index (χ3v) is 4.08. The minimum absolute atomic E-state index is 0.292. The van der Waals surface area contributed by atoms with Crippen LogP contribution in [0.5, 0.6) is 0 Å². The standard InChI is InChI=1S/C10H15F6O4P/c11-9(12,13)8(10(14,15)16)20-21(17)18-6-4-2-1-3-5-7-19-21/h8H,1-7H2. The van der Waals surface area contributed by atoms with E-state index in [1.54, 1.807) is 0 Å². The number of phosphoric acid groups is 1. The van der Waals surface area contributed by atoms with Crippen LogP contribution in [0.15, 0.2) is 0 Å². The highest BCUT2D eigenvalue weighted by atomic mass is 31.2. The number of phosphoric ester groups is 1. The molecule has 0 radical (unpaired) electrons. The minimum Gasteiger partial charge on any atom is -0.287 e. The van der Waals surface area contributed by atoms with Crippen molar-refractivity contribution in [3.05, 3.63) is 0 Å². The van der Waals surface area contributed by atoms with Crippen molar-refractivity contribution in [2.45, 2.75) is 50.6 Å². The molecule has 4 nitrogen and oxygen atoms in total. The zero-order valence-electron chi connectivity index (χ0n) is 10.9. The second-order valence-corrected chi connectivity index (χ2v) is 6.07. The molecule has 1 fully saturated rings. The summed E-state index contributed by atoms with van der Waals surface area (Å²) in [6, 6.07) is 0. The largest absolute Gasteiger partial charge is 0.475 e. The van der Waals surface area contributed by atoms with Gasteiger partial charge in [0.2, 0.25) is 0 Å². The molecule has 0 N–H and O–H groups in total. The van der Waals surface area contributed by atoms with Gasteiger partial charge in [-0.1, -0.05) is 19.3 Å². The van der Waals surface area contributed by atoms with Crippen molar-refractivity contribution in [2.75, 3.05) is 13.2 Å². The van der Waals surface area contributed by atoms with Gasteiger partial charge in [-0.05, 0) is 12.8 Å². The van der Waals surface area contributed by atoms with E-state index < -0.39 is 26.3 Å². The monoisotopic (exact) mass is 344 g/mol. The van der Waals surface area contributed by atoms with E-state index in [-0.39, 0.29) is 13.2 Å². The second kappa shape index (κ2) is 7.30. The molecule has 1 saturated heterocycles. The third-order valence-electron chi connectivity index (χ3n) is 2.62. The normalized spacial score (nSPS) is 22.2. The molecule has 0 aromatic heterocycles. The Morgan fingerprint density at radius 3 is 1.57 bits per heavy atom. The van der Waals surface area contributed by atoms with Crippen LogP contribution in [0.25, 0.3) is 0 Å². The lowest BCUT2D eigenvalue weighted by Gasteiger charge is -2.27. The zero-order chi connectivity index (χ0) is 16.1. The van der Waals surface area contributed by atoms with Gasteiger partial charge in [-0.2, -0.15) is 26.3 Å². The van der Waals surface area contributed by atoms with Crippen molar-refractivity contribution in [1.82, 2.24) is 0 Å². The summed E-state index contributed by atoms with van der Waals surface area (Å²) >= 11 is 0. The first-order valence-electron chi connectivity index (χ1n) is 6.25. The highest BCUT2D eigenvalue weighted by Crippen LogP contribution is 2.55. The molecule has 0 aromatic rings. The van der Waals surface area contributed by atoms with Gasteiger partial charge in [-0.3, -0.25) is 13.6 Å². The molecule has 1 aliphatic rings. The van der Waals surface area contributed by atoms with E-state index >= 15 is 0 Å². The molecular weight excluding hydrogens is 329 g/mol. The Kier molecular flexibility index (Phi) is 6.52. The topological polar surface area (TPSA) is 44.8 Å². The van der Waals surface area contributed by atoms with E-state index in [1.807, 2.05) is 0 Å². The molecule has 0 spiro atoms. The molecule has 21 heavy (non-hydrogen) atoms. The molecule has 0 atom stereocenters. The van der Waals surface area contributed by atoms with Gasteiger partial charge in [-0.15, -0.1) is 0 Å². The molecule has 0 aliphatic carbocycles. The van der Waals surface area contributed by atoms with Gasteiger partial charge in [0, 0.05) is 0 Å². The Hall–Kier alpha value is -0.310. The van der Waals surface area contributed by atoms with Crippen molar-refractivity contribution in [3.63, 3.8) is 0 Å². The van der Waals surface area contributed by atoms with E-state index in [4.69, 9.17) is 0 Å². The predicted octanol–water partition coefficient (Wildman–Crippen LogP) is 4.60. The Labute approximate surface area is 117 Å². The maximum atomic E-state index is 12.4. The van der Waals surface area contributed by atoms with Gasteiger partial charge in [0.1, 0.15) is 0 Å². The lowest BCUT2D eigenvalue weighted by atomic mass is 10.1. The van der Waals surface area contributed by atoms with Crippen LogP contribution in [0.4, 0.5) is 26.3 Å². The second-order valence-electron chi connectivity index (χ2n) is 4.45. The smallest absolute Gasteiger partial charge is 0.287 e. The quantitative estimate of drug-likeness (QED) is 0.542. The summed E-state index contributed by atoms with van der Waals surface area (Å²) in [6.45, 7) is -0.584. The summed E-state index contributed by atoms with van der Waals surface area (Å²) in [6.07, 6.45) is -12.9. The minimum atomic E-state index is -5.77. The summed E-state index contributed by atoms with van der Waals surface area (Å²) in [5.74, 6) is 0. The molecule has 0 amide bonds. The van der Waals surface area contributed by atoms with Gasteiger partial charge < -0.3 is 0 Å². The number of rotatable bonds is 2. The first-order valence-corrected chi connectivity index (χ1v) is 7.72. The molecule has 126 valence electrons. The average Bonchev–Trinajstić information content (AvgIpc) is 2.32. The first kappa shape index (κ1) is 18.7. The molecule has 1 rings (SSSR count). The Bertz CT molecular complexity index is 342. The summed E-state index contributed by atoms with van der Waals surface area (Å²) in [5, 5.41) is 0. The van der Waals surface area contributed by atoms with Crippen LogP contribution in [0, 0.1) is 0 Å². The third kappa shape index (κ3) is 6.54. The lowest BCUT2D eigenvalue weighted by molar-refractivity contribution is -0.304. The number of hydrogen-bond donors (Lipinski definition) is 0. The maximum absolute atomic E-state index is 12.4. The van der Waals surface area contributed by atoms with Crippen LogP contribution in [-0.4, -0.2) is 31.7 Å². The van der Waals surface area contributed by atoms with Crippen LogP contribution < -0.4 is 0 Å². The fourth-order valence-electron chi connectivity index (χ4n) is 1.62. The Balaban J connectivity index is 2.83. The fourth-order valence-corrected chi connectivity index (χ4v) is 3.02. The van der Waals surface area contributed by atoms with Gasteiger partial charge >= 0.3 is 20.2 Å². The van der Waals surface area contributed by atoms with Crippen LogP contribution in [0.1, 0.15) is 32.1 Å². The molecular formula is C10H15F6O4P. The van der Waals surface area contributed by atoms with Crippen LogP contribution in [0.2, 0.25) is 0 Å². The van der Waals surface area contributed by atoms with Crippen molar-refractivity contribution in [3.8, 4) is 0 Å². The molecule has 0 bridgehead atoms. The highest BCUT2D eigenvalue weighted by Gasteiger charge is 2.61. The Morgan fingerprint density at radius 1 is 0.810 bits per heavy atom. The average molecular weight is 344 g/mol. The van der Waals surface area contributed by atoms with Crippen molar-refractivity contribution in [1.29, 1.82) is 0 Å². The van der Waals surface area contributed by atoms with E-state index in [9.17, 15) is 30.9 Å². The number of halogens is 6. The Morgan fingerprint density at radius 2 is 1.19 bits per heavy atom. The zero-order valence-corrected chi connectivity index (χ0v) is 11.8. The molecule has 0 saturated carbocycles. The van der Waals surface area contributed by atoms with Crippen molar-refractivity contribution in [2.24, 2.45) is 0 Å². The summed E-state index contributed by atoms with van der Waals surface area (Å²) in [5.41, 5.74) is 0. The van der Waals surface area contributed by atoms with Crippen LogP contribution in [0.3, 0.4) is 0 Å². The number of hydrogen-bond acceptors (Lipinski definition) is 4. The summed E-state index contributed by atoms with van der Waals surface area (Å²) in [7, 11) is -4.92. The summed E-state index contributed by atoms with van der Waals surface area (Å²) < 4.78 is 99.0. The molecule has 0 unspecified atom stereocenters. The summed E-state index contributed by atoms with van der Waals surface area (Å²) in [4.78, 5) is 0. The van der Waals surface area contributed by atoms with E-state index in [0.717, 1.165) is 6.42 Å². The lowest BCUT2D eigenvalue weighted by Crippen LogP contribution is -2.43. The molecule has 1 aliphatic heterocycles. The maximum Gasteiger partial charge on any atom is 0.475 e. The number of alkyl halides is 6. The van der Waals surface area contributed by atoms with Crippen molar-refractivity contribution < 1.29 is 44.5 Å². The fraction of sp³-hybridized carbons (Fsp3) is 1.00. The van der Waals surface area contributed by atoms with Crippen molar-refractivity contribution >= 4 is 7.82 Å². The van der Waals surface area contributed by atoms with E-state index in [2.05, 4.69) is 13.6 Å². The van der Waals surface area contributed by atoms with Crippen LogP contribution in [-0.2, 0) is 18.1 Å². The predicted molar refractivity (Wildman–Crippen MR) is 59.6 cm³/mol. The molecule has 11 heteroatoms. The van der Waals surface area contributed by atoms with Crippen LogP contribution >= 0.6 is 7.82 Å². The van der Waals surface area contributed by atoms with Gasteiger partial charge in [0.15, 0.2) is 0 Å². The van der Waals surface area contributed by atoms with Gasteiger partial charge in [-0.25, -0.2) is 4.57 Å². The van der Waals surface area contributed by atoms with E-state index in [1.165, 1.54) is 0 Å². The van der Waals surface area contributed by atoms with Gasteiger partial charge in [0.25, 0.3) is 6.10 Å². The molecule has 0 aromatic carbocycles. The SMILES string of the molecule is O=P1(OC(C(F)(F)F)C(F)(F)F)OCCCCCCCO1. The first-order chi connectivity index (χ1) is 9.55.